The van der Waals surface area contributed by atoms with Crippen molar-refractivity contribution in [3.8, 4) is 5.69 Å². The highest BCUT2D eigenvalue weighted by atomic mass is 16.2. The van der Waals surface area contributed by atoms with Crippen LogP contribution in [0.15, 0.2) is 58.1 Å². The number of amides is 1. The summed E-state index contributed by atoms with van der Waals surface area (Å²) in [5.41, 5.74) is 1.80. The molecule has 7 heteroatoms. The lowest BCUT2D eigenvalue weighted by molar-refractivity contribution is 0.0929. The molecule has 0 saturated heterocycles. The van der Waals surface area contributed by atoms with Crippen molar-refractivity contribution in [2.45, 2.75) is 59.5 Å². The summed E-state index contributed by atoms with van der Waals surface area (Å²) < 4.78 is 2.21. The van der Waals surface area contributed by atoms with Crippen LogP contribution in [0.3, 0.4) is 0 Å². The summed E-state index contributed by atoms with van der Waals surface area (Å²) in [7, 11) is 0. The number of nitrogens with one attached hydrogen (secondary N) is 1. The van der Waals surface area contributed by atoms with Gasteiger partial charge in [-0.15, -0.1) is 0 Å². The van der Waals surface area contributed by atoms with Crippen molar-refractivity contribution in [3.05, 3.63) is 91.8 Å². The van der Waals surface area contributed by atoms with E-state index < -0.39 is 17.2 Å². The fraction of sp³-hybridized carbons (Fsp3) is 0.360. The number of nitrogens with zero attached hydrogens (tertiary/aromatic N) is 3. The number of hydrogen-bond donors (Lipinski definition) is 1. The first-order valence-corrected chi connectivity index (χ1v) is 10.9. The summed E-state index contributed by atoms with van der Waals surface area (Å²) >= 11 is 0. The molecule has 0 fully saturated rings. The van der Waals surface area contributed by atoms with Crippen LogP contribution < -0.4 is 16.6 Å². The zero-order valence-corrected chi connectivity index (χ0v) is 19.3. The third kappa shape index (κ3) is 4.88. The molecule has 1 atom stereocenters. The minimum atomic E-state index is -0.700. The van der Waals surface area contributed by atoms with Gasteiger partial charge in [-0.25, -0.2) is 4.79 Å². The largest absolute Gasteiger partial charge is 0.352 e. The maximum absolute atomic E-state index is 13.3. The summed E-state index contributed by atoms with van der Waals surface area (Å²) in [5, 5.41) is 6.97. The second-order valence-electron chi connectivity index (χ2n) is 8.39. The smallest absolute Gasteiger partial charge is 0.348 e. The first-order chi connectivity index (χ1) is 15.2. The molecule has 0 bridgehead atoms. The van der Waals surface area contributed by atoms with Gasteiger partial charge >= 0.3 is 5.69 Å². The SMILES string of the molecule is CCC(C)NC(=O)c1nn(-c2ccc(C(C)C)cc2)c(=O)n(Cc2ccccc2C)c1=O. The molecule has 1 unspecified atom stereocenters. The van der Waals surface area contributed by atoms with Crippen LogP contribution in [0.25, 0.3) is 5.69 Å². The molecule has 3 aromatic rings. The molecule has 0 spiro atoms. The first kappa shape index (κ1) is 23.2. The second kappa shape index (κ2) is 9.77. The Balaban J connectivity index is 2.19. The van der Waals surface area contributed by atoms with E-state index in [0.29, 0.717) is 18.0 Å². The van der Waals surface area contributed by atoms with E-state index in [2.05, 4.69) is 24.3 Å². The highest BCUT2D eigenvalue weighted by Gasteiger charge is 2.21. The van der Waals surface area contributed by atoms with Crippen LogP contribution in [0, 0.1) is 6.92 Å². The lowest BCUT2D eigenvalue weighted by atomic mass is 10.0. The maximum atomic E-state index is 13.3. The molecular formula is C25H30N4O3. The van der Waals surface area contributed by atoms with Gasteiger partial charge in [0.05, 0.1) is 12.2 Å². The summed E-state index contributed by atoms with van der Waals surface area (Å²) in [5.74, 6) is -0.254. The number of aryl methyl sites for hydroxylation is 1. The third-order valence-electron chi connectivity index (χ3n) is 5.66. The Morgan fingerprint density at radius 1 is 1.03 bits per heavy atom. The van der Waals surface area contributed by atoms with Crippen LogP contribution in [0.1, 0.15) is 67.2 Å². The molecule has 7 nitrogen and oxygen atoms in total. The van der Waals surface area contributed by atoms with Crippen molar-refractivity contribution in [1.29, 1.82) is 0 Å². The van der Waals surface area contributed by atoms with Gasteiger partial charge in [-0.1, -0.05) is 57.2 Å². The normalized spacial score (nSPS) is 12.1. The average Bonchev–Trinajstić information content (AvgIpc) is 2.77. The number of carbonyl (C=O) groups is 1. The molecule has 2 aromatic carbocycles. The molecule has 0 aliphatic carbocycles. The van der Waals surface area contributed by atoms with E-state index in [1.807, 2.05) is 57.2 Å². The van der Waals surface area contributed by atoms with Gasteiger partial charge in [-0.2, -0.15) is 9.78 Å². The van der Waals surface area contributed by atoms with Gasteiger partial charge in [0.25, 0.3) is 11.5 Å². The fourth-order valence-corrected chi connectivity index (χ4v) is 3.32. The van der Waals surface area contributed by atoms with Crippen LogP contribution in [0.2, 0.25) is 0 Å². The highest BCUT2D eigenvalue weighted by molar-refractivity contribution is 5.91. The molecule has 0 aliphatic rings. The van der Waals surface area contributed by atoms with E-state index in [-0.39, 0.29) is 18.3 Å². The Morgan fingerprint density at radius 3 is 2.28 bits per heavy atom. The van der Waals surface area contributed by atoms with Crippen molar-refractivity contribution in [2.75, 3.05) is 0 Å². The number of aromatic nitrogens is 3. The van der Waals surface area contributed by atoms with Crippen LogP contribution in [0.5, 0.6) is 0 Å². The molecular weight excluding hydrogens is 404 g/mol. The Kier molecular flexibility index (Phi) is 7.08. The van der Waals surface area contributed by atoms with Crippen molar-refractivity contribution in [3.63, 3.8) is 0 Å². The average molecular weight is 435 g/mol. The molecule has 0 radical (unpaired) electrons. The van der Waals surface area contributed by atoms with Crippen LogP contribution in [-0.4, -0.2) is 26.3 Å². The number of rotatable bonds is 7. The lowest BCUT2D eigenvalue weighted by Gasteiger charge is -2.15. The first-order valence-electron chi connectivity index (χ1n) is 10.9. The van der Waals surface area contributed by atoms with Gasteiger partial charge in [0.15, 0.2) is 0 Å². The van der Waals surface area contributed by atoms with Gasteiger partial charge < -0.3 is 5.32 Å². The van der Waals surface area contributed by atoms with Crippen molar-refractivity contribution < 1.29 is 4.79 Å². The Morgan fingerprint density at radius 2 is 1.69 bits per heavy atom. The summed E-state index contributed by atoms with van der Waals surface area (Å²) in [4.78, 5) is 39.3. The zero-order chi connectivity index (χ0) is 23.4. The highest BCUT2D eigenvalue weighted by Crippen LogP contribution is 2.16. The monoisotopic (exact) mass is 434 g/mol. The molecule has 168 valence electrons. The number of carbonyl (C=O) groups excluding carboxylic acids is 1. The topological polar surface area (TPSA) is 86.0 Å². The fourth-order valence-electron chi connectivity index (χ4n) is 3.32. The summed E-state index contributed by atoms with van der Waals surface area (Å²) in [6.07, 6.45) is 0.708. The van der Waals surface area contributed by atoms with Gasteiger partial charge in [0, 0.05) is 6.04 Å². The molecule has 1 N–H and O–H groups in total. The van der Waals surface area contributed by atoms with E-state index >= 15 is 0 Å². The molecule has 1 amide bonds. The maximum Gasteiger partial charge on any atom is 0.352 e. The van der Waals surface area contributed by atoms with Gasteiger partial charge in [0.2, 0.25) is 5.69 Å². The Bertz CT molecular complexity index is 1220. The molecule has 0 saturated carbocycles. The van der Waals surface area contributed by atoms with E-state index in [1.54, 1.807) is 12.1 Å². The minimum absolute atomic E-state index is 0.0561. The minimum Gasteiger partial charge on any atom is -0.348 e. The predicted octanol–water partition coefficient (Wildman–Crippen LogP) is 3.40. The van der Waals surface area contributed by atoms with Crippen molar-refractivity contribution >= 4 is 5.91 Å². The quantitative estimate of drug-likeness (QED) is 0.618. The van der Waals surface area contributed by atoms with Crippen LogP contribution in [-0.2, 0) is 6.54 Å². The second-order valence-corrected chi connectivity index (χ2v) is 8.39. The van der Waals surface area contributed by atoms with Gasteiger partial charge in [-0.3, -0.25) is 14.2 Å². The van der Waals surface area contributed by atoms with Crippen LogP contribution in [0.4, 0.5) is 0 Å². The van der Waals surface area contributed by atoms with Gasteiger partial charge in [-0.05, 0) is 55.0 Å². The van der Waals surface area contributed by atoms with Crippen molar-refractivity contribution in [1.82, 2.24) is 19.7 Å². The summed E-state index contributed by atoms with van der Waals surface area (Å²) in [6, 6.07) is 14.8. The van der Waals surface area contributed by atoms with E-state index in [1.165, 1.54) is 0 Å². The molecule has 1 heterocycles. The third-order valence-corrected chi connectivity index (χ3v) is 5.66. The van der Waals surface area contributed by atoms with E-state index in [9.17, 15) is 14.4 Å². The molecule has 3 rings (SSSR count). The Labute approximate surface area is 187 Å². The van der Waals surface area contributed by atoms with Crippen LogP contribution >= 0.6 is 0 Å². The number of hydrogen-bond acceptors (Lipinski definition) is 4. The standard InChI is InChI=1S/C25H30N4O3/c1-6-18(5)26-23(30)22-24(31)28(15-20-10-8-7-9-17(20)4)25(32)29(27-22)21-13-11-19(12-14-21)16(2)3/h7-14,16,18H,6,15H2,1-5H3,(H,26,30). The zero-order valence-electron chi connectivity index (χ0n) is 19.3. The predicted molar refractivity (Wildman–Crippen MR) is 126 cm³/mol. The Hall–Kier alpha value is -3.48. The van der Waals surface area contributed by atoms with E-state index in [0.717, 1.165) is 25.9 Å². The van der Waals surface area contributed by atoms with E-state index in [4.69, 9.17) is 0 Å². The molecule has 32 heavy (non-hydrogen) atoms. The molecule has 1 aromatic heterocycles. The van der Waals surface area contributed by atoms with Gasteiger partial charge in [0.1, 0.15) is 0 Å². The number of benzene rings is 2. The lowest BCUT2D eigenvalue weighted by Crippen LogP contribution is -2.47. The summed E-state index contributed by atoms with van der Waals surface area (Å²) in [6.45, 7) is 9.93. The molecule has 0 aliphatic heterocycles. The van der Waals surface area contributed by atoms with Crippen molar-refractivity contribution in [2.24, 2.45) is 0 Å².